The molecule has 1 aliphatic carbocycles. The monoisotopic (exact) mass is 397 g/mol. The molecular weight excluding hydrogens is 378 g/mol. The molecule has 7 heteroatoms. The Bertz CT molecular complexity index is 1230. The number of aromatic nitrogens is 3. The van der Waals surface area contributed by atoms with Gasteiger partial charge < -0.3 is 5.32 Å². The van der Waals surface area contributed by atoms with Gasteiger partial charge in [-0.1, -0.05) is 36.4 Å². The van der Waals surface area contributed by atoms with Crippen molar-refractivity contribution in [3.8, 4) is 11.3 Å². The number of carbonyl (C=O) groups is 2. The smallest absolute Gasteiger partial charge is 0.255 e. The van der Waals surface area contributed by atoms with Gasteiger partial charge in [-0.15, -0.1) is 5.10 Å². The standard InChI is InChI=1S/C23H19N5O2/c29-21(16-5-2-1-3-6-16)24-18-13-11-15(12-14-18)19-7-4-8-20-25-23(27-28(19)20)26-22(30)17-9-10-17/h1-8,11-14,17H,9-10H2,(H,24,29)(H,26,27,30). The summed E-state index contributed by atoms with van der Waals surface area (Å²) in [6.07, 6.45) is 1.86. The van der Waals surface area contributed by atoms with Crippen LogP contribution < -0.4 is 10.6 Å². The number of anilines is 2. The van der Waals surface area contributed by atoms with Gasteiger partial charge in [0.25, 0.3) is 5.91 Å². The topological polar surface area (TPSA) is 88.4 Å². The van der Waals surface area contributed by atoms with Gasteiger partial charge in [0.15, 0.2) is 5.65 Å². The molecule has 2 amide bonds. The zero-order valence-corrected chi connectivity index (χ0v) is 16.1. The number of nitrogens with one attached hydrogen (secondary N) is 2. The molecule has 2 aromatic carbocycles. The van der Waals surface area contributed by atoms with E-state index in [2.05, 4.69) is 20.7 Å². The molecule has 0 spiro atoms. The molecular formula is C23H19N5O2. The second-order valence-electron chi connectivity index (χ2n) is 7.28. The highest BCUT2D eigenvalue weighted by Gasteiger charge is 2.30. The summed E-state index contributed by atoms with van der Waals surface area (Å²) in [6.45, 7) is 0. The molecule has 7 nitrogen and oxygen atoms in total. The van der Waals surface area contributed by atoms with Crippen LogP contribution in [0.15, 0.2) is 72.8 Å². The Labute approximate surface area is 172 Å². The lowest BCUT2D eigenvalue weighted by Crippen LogP contribution is -2.14. The van der Waals surface area contributed by atoms with Crippen molar-refractivity contribution < 1.29 is 9.59 Å². The van der Waals surface area contributed by atoms with Crippen LogP contribution >= 0.6 is 0 Å². The molecule has 2 N–H and O–H groups in total. The number of amides is 2. The highest BCUT2D eigenvalue weighted by atomic mass is 16.2. The number of pyridine rings is 1. The third kappa shape index (κ3) is 3.65. The maximum Gasteiger partial charge on any atom is 0.255 e. The highest BCUT2D eigenvalue weighted by molar-refractivity contribution is 6.04. The minimum absolute atomic E-state index is 0.0223. The first-order valence-corrected chi connectivity index (χ1v) is 9.81. The average Bonchev–Trinajstić information content (AvgIpc) is 3.55. The Morgan fingerprint density at radius 2 is 1.63 bits per heavy atom. The third-order valence-electron chi connectivity index (χ3n) is 5.02. The number of hydrogen-bond donors (Lipinski definition) is 2. The van der Waals surface area contributed by atoms with Crippen LogP contribution in [0.5, 0.6) is 0 Å². The molecule has 0 aliphatic heterocycles. The van der Waals surface area contributed by atoms with Crippen LogP contribution in [0.3, 0.4) is 0 Å². The van der Waals surface area contributed by atoms with E-state index >= 15 is 0 Å². The van der Waals surface area contributed by atoms with Crippen molar-refractivity contribution in [2.45, 2.75) is 12.8 Å². The zero-order chi connectivity index (χ0) is 20.5. The molecule has 0 atom stereocenters. The fourth-order valence-electron chi connectivity index (χ4n) is 3.25. The van der Waals surface area contributed by atoms with Crippen molar-refractivity contribution in [3.05, 3.63) is 78.4 Å². The second kappa shape index (κ2) is 7.44. The lowest BCUT2D eigenvalue weighted by Gasteiger charge is -2.08. The van der Waals surface area contributed by atoms with Crippen LogP contribution in [0.4, 0.5) is 11.6 Å². The minimum Gasteiger partial charge on any atom is -0.322 e. The summed E-state index contributed by atoms with van der Waals surface area (Å²) in [5.74, 6) is 0.226. The quantitative estimate of drug-likeness (QED) is 0.533. The summed E-state index contributed by atoms with van der Waals surface area (Å²) in [5.41, 5.74) is 3.72. The Morgan fingerprint density at radius 1 is 0.867 bits per heavy atom. The van der Waals surface area contributed by atoms with E-state index < -0.39 is 0 Å². The Kier molecular flexibility index (Phi) is 4.48. The first kappa shape index (κ1) is 18.1. The molecule has 0 radical (unpaired) electrons. The van der Waals surface area contributed by atoms with Gasteiger partial charge in [0.2, 0.25) is 11.9 Å². The maximum absolute atomic E-state index is 12.3. The molecule has 4 aromatic rings. The lowest BCUT2D eigenvalue weighted by molar-refractivity contribution is -0.117. The normalized spacial score (nSPS) is 13.2. The number of nitrogens with zero attached hydrogens (tertiary/aromatic N) is 3. The van der Waals surface area contributed by atoms with E-state index in [1.807, 2.05) is 60.7 Å². The van der Waals surface area contributed by atoms with E-state index in [0.29, 0.717) is 22.8 Å². The molecule has 30 heavy (non-hydrogen) atoms. The summed E-state index contributed by atoms with van der Waals surface area (Å²) >= 11 is 0. The van der Waals surface area contributed by atoms with Crippen LogP contribution in [0.25, 0.3) is 16.9 Å². The zero-order valence-electron chi connectivity index (χ0n) is 16.1. The van der Waals surface area contributed by atoms with Gasteiger partial charge in [0.1, 0.15) is 0 Å². The van der Waals surface area contributed by atoms with Crippen molar-refractivity contribution >= 4 is 29.1 Å². The molecule has 0 saturated heterocycles. The largest absolute Gasteiger partial charge is 0.322 e. The van der Waals surface area contributed by atoms with E-state index in [-0.39, 0.29) is 17.7 Å². The molecule has 2 heterocycles. The third-order valence-corrected chi connectivity index (χ3v) is 5.02. The fourth-order valence-corrected chi connectivity index (χ4v) is 3.25. The van der Waals surface area contributed by atoms with Gasteiger partial charge >= 0.3 is 0 Å². The molecule has 148 valence electrons. The van der Waals surface area contributed by atoms with Crippen LogP contribution in [-0.4, -0.2) is 26.4 Å². The number of fused-ring (bicyclic) bond motifs is 1. The first-order valence-electron chi connectivity index (χ1n) is 9.81. The molecule has 1 aliphatic rings. The van der Waals surface area contributed by atoms with Crippen molar-refractivity contribution in [1.82, 2.24) is 14.6 Å². The Hall–Kier alpha value is -4.00. The van der Waals surface area contributed by atoms with E-state index in [4.69, 9.17) is 0 Å². The maximum atomic E-state index is 12.3. The molecule has 0 bridgehead atoms. The van der Waals surface area contributed by atoms with Gasteiger partial charge in [0, 0.05) is 22.7 Å². The molecule has 2 aromatic heterocycles. The lowest BCUT2D eigenvalue weighted by atomic mass is 10.1. The number of hydrogen-bond acceptors (Lipinski definition) is 4. The summed E-state index contributed by atoms with van der Waals surface area (Å²) in [7, 11) is 0. The summed E-state index contributed by atoms with van der Waals surface area (Å²) in [6, 6.07) is 22.3. The van der Waals surface area contributed by atoms with Gasteiger partial charge in [-0.3, -0.25) is 14.9 Å². The minimum atomic E-state index is -0.155. The summed E-state index contributed by atoms with van der Waals surface area (Å²) < 4.78 is 1.71. The van der Waals surface area contributed by atoms with Crippen molar-refractivity contribution in [2.24, 2.45) is 5.92 Å². The number of carbonyl (C=O) groups excluding carboxylic acids is 2. The van der Waals surface area contributed by atoms with Gasteiger partial charge in [0.05, 0.1) is 5.69 Å². The summed E-state index contributed by atoms with van der Waals surface area (Å²) in [4.78, 5) is 28.7. The average molecular weight is 397 g/mol. The van der Waals surface area contributed by atoms with Crippen LogP contribution in [0.2, 0.25) is 0 Å². The SMILES string of the molecule is O=C(Nc1ccc(-c2cccc3nc(NC(=O)C4CC4)nn23)cc1)c1ccccc1. The van der Waals surface area contributed by atoms with Crippen LogP contribution in [0, 0.1) is 5.92 Å². The highest BCUT2D eigenvalue weighted by Crippen LogP contribution is 2.30. The van der Waals surface area contributed by atoms with Crippen molar-refractivity contribution in [2.75, 3.05) is 10.6 Å². The second-order valence-corrected chi connectivity index (χ2v) is 7.28. The Morgan fingerprint density at radius 3 is 2.37 bits per heavy atom. The molecule has 5 rings (SSSR count). The van der Waals surface area contributed by atoms with Gasteiger partial charge in [-0.2, -0.15) is 4.98 Å². The van der Waals surface area contributed by atoms with Crippen molar-refractivity contribution in [1.29, 1.82) is 0 Å². The van der Waals surface area contributed by atoms with Crippen LogP contribution in [0.1, 0.15) is 23.2 Å². The first-order chi connectivity index (χ1) is 14.7. The predicted octanol–water partition coefficient (Wildman–Crippen LogP) is 4.00. The van der Waals surface area contributed by atoms with Crippen molar-refractivity contribution in [3.63, 3.8) is 0 Å². The Balaban J connectivity index is 1.37. The van der Waals surface area contributed by atoms with Crippen LogP contribution in [-0.2, 0) is 4.79 Å². The van der Waals surface area contributed by atoms with E-state index in [9.17, 15) is 9.59 Å². The van der Waals surface area contributed by atoms with Gasteiger partial charge in [-0.25, -0.2) is 4.52 Å². The van der Waals surface area contributed by atoms with E-state index in [1.165, 1.54) is 0 Å². The predicted molar refractivity (Wildman–Crippen MR) is 114 cm³/mol. The van der Waals surface area contributed by atoms with E-state index in [0.717, 1.165) is 24.1 Å². The van der Waals surface area contributed by atoms with E-state index in [1.54, 1.807) is 16.6 Å². The fraction of sp³-hybridized carbons (Fsp3) is 0.130. The number of rotatable bonds is 5. The molecule has 1 saturated carbocycles. The molecule has 0 unspecified atom stereocenters. The number of benzene rings is 2. The summed E-state index contributed by atoms with van der Waals surface area (Å²) in [5, 5.41) is 10.1. The molecule has 1 fully saturated rings. The van der Waals surface area contributed by atoms with Gasteiger partial charge in [-0.05, 0) is 49.2 Å².